The fourth-order valence-electron chi connectivity index (χ4n) is 2.87. The van der Waals surface area contributed by atoms with Crippen LogP contribution in [0, 0.1) is 0 Å². The molecular weight excluding hydrogens is 432 g/mol. The van der Waals surface area contributed by atoms with E-state index >= 15 is 0 Å². The van der Waals surface area contributed by atoms with E-state index in [0.29, 0.717) is 18.8 Å². The van der Waals surface area contributed by atoms with Crippen LogP contribution in [0.4, 0.5) is 5.13 Å². The van der Waals surface area contributed by atoms with Crippen molar-refractivity contribution in [3.8, 4) is 5.75 Å². The zero-order valence-corrected chi connectivity index (χ0v) is 17.7. The molecule has 1 aliphatic heterocycles. The standard InChI is InChI=1S/C18H23BrN4O3S/c1-2-25-16(24)14-4-6-15(7-5-14)26-13-3-8-22-9-11-23(12-10-22)18-21-20-17(19)27-18/h4-7H,2-3,8-13H2,1H3. The number of esters is 1. The van der Waals surface area contributed by atoms with Crippen LogP contribution in [0.15, 0.2) is 28.2 Å². The molecule has 1 aliphatic rings. The van der Waals surface area contributed by atoms with E-state index in [-0.39, 0.29) is 5.97 Å². The minimum atomic E-state index is -0.302. The number of carbonyl (C=O) groups is 1. The highest BCUT2D eigenvalue weighted by Crippen LogP contribution is 2.24. The molecule has 27 heavy (non-hydrogen) atoms. The Morgan fingerprint density at radius 2 is 1.93 bits per heavy atom. The number of hydrogen-bond acceptors (Lipinski definition) is 8. The molecule has 1 aromatic heterocycles. The summed E-state index contributed by atoms with van der Waals surface area (Å²) in [5.74, 6) is 0.471. The predicted molar refractivity (Wildman–Crippen MR) is 109 cm³/mol. The van der Waals surface area contributed by atoms with Gasteiger partial charge < -0.3 is 14.4 Å². The van der Waals surface area contributed by atoms with Crippen LogP contribution < -0.4 is 9.64 Å². The van der Waals surface area contributed by atoms with Gasteiger partial charge in [-0.25, -0.2) is 4.79 Å². The number of benzene rings is 1. The molecule has 0 bridgehead atoms. The first-order chi connectivity index (χ1) is 13.2. The van der Waals surface area contributed by atoms with E-state index in [1.807, 2.05) is 12.1 Å². The van der Waals surface area contributed by atoms with Gasteiger partial charge in [-0.15, -0.1) is 10.2 Å². The molecular formula is C18H23BrN4O3S. The van der Waals surface area contributed by atoms with Crippen LogP contribution >= 0.6 is 27.3 Å². The Hall–Kier alpha value is -1.71. The van der Waals surface area contributed by atoms with Gasteiger partial charge in [0.2, 0.25) is 5.13 Å². The lowest BCUT2D eigenvalue weighted by molar-refractivity contribution is 0.0526. The van der Waals surface area contributed by atoms with Crippen molar-refractivity contribution in [1.82, 2.24) is 15.1 Å². The lowest BCUT2D eigenvalue weighted by Gasteiger charge is -2.34. The number of carbonyl (C=O) groups excluding carboxylic acids is 1. The molecule has 2 aromatic rings. The topological polar surface area (TPSA) is 67.8 Å². The first kappa shape index (κ1) is 20.0. The van der Waals surface area contributed by atoms with Gasteiger partial charge >= 0.3 is 5.97 Å². The monoisotopic (exact) mass is 454 g/mol. The van der Waals surface area contributed by atoms with Gasteiger partial charge in [0, 0.05) is 32.7 Å². The Morgan fingerprint density at radius 1 is 1.19 bits per heavy atom. The van der Waals surface area contributed by atoms with Crippen molar-refractivity contribution < 1.29 is 14.3 Å². The van der Waals surface area contributed by atoms with Crippen molar-refractivity contribution in [3.63, 3.8) is 0 Å². The Balaban J connectivity index is 1.33. The third kappa shape index (κ3) is 5.88. The Morgan fingerprint density at radius 3 is 2.56 bits per heavy atom. The molecule has 0 saturated carbocycles. The maximum atomic E-state index is 11.6. The third-order valence-electron chi connectivity index (χ3n) is 4.29. The van der Waals surface area contributed by atoms with Crippen molar-refractivity contribution in [3.05, 3.63) is 33.7 Å². The summed E-state index contributed by atoms with van der Waals surface area (Å²) >= 11 is 4.93. The summed E-state index contributed by atoms with van der Waals surface area (Å²) in [4.78, 5) is 16.3. The van der Waals surface area contributed by atoms with Gasteiger partial charge in [-0.3, -0.25) is 4.90 Å². The lowest BCUT2D eigenvalue weighted by atomic mass is 10.2. The number of piperazine rings is 1. The predicted octanol–water partition coefficient (Wildman–Crippen LogP) is 3.07. The maximum absolute atomic E-state index is 11.6. The Labute approximate surface area is 171 Å². The van der Waals surface area contributed by atoms with Crippen molar-refractivity contribution in [2.24, 2.45) is 0 Å². The summed E-state index contributed by atoms with van der Waals surface area (Å²) in [5, 5.41) is 9.18. The average molecular weight is 455 g/mol. The minimum Gasteiger partial charge on any atom is -0.494 e. The maximum Gasteiger partial charge on any atom is 0.338 e. The second-order valence-corrected chi connectivity index (χ2v) is 8.35. The number of ether oxygens (including phenoxy) is 2. The zero-order valence-electron chi connectivity index (χ0n) is 15.3. The normalized spacial score (nSPS) is 15.0. The van der Waals surface area contributed by atoms with Gasteiger partial charge in [0.1, 0.15) is 5.75 Å². The Kier molecular flexibility index (Phi) is 7.42. The van der Waals surface area contributed by atoms with Crippen LogP contribution in [0.2, 0.25) is 0 Å². The fourth-order valence-corrected chi connectivity index (χ4v) is 4.01. The van der Waals surface area contributed by atoms with Crippen LogP contribution in [0.1, 0.15) is 23.7 Å². The second kappa shape index (κ2) is 10.0. The zero-order chi connectivity index (χ0) is 19.1. The van der Waals surface area contributed by atoms with Crippen LogP contribution in [0.3, 0.4) is 0 Å². The molecule has 146 valence electrons. The van der Waals surface area contributed by atoms with Crippen molar-refractivity contribution in [1.29, 1.82) is 0 Å². The van der Waals surface area contributed by atoms with Gasteiger partial charge in [-0.1, -0.05) is 11.3 Å². The summed E-state index contributed by atoms with van der Waals surface area (Å²) in [6.45, 7) is 7.82. The summed E-state index contributed by atoms with van der Waals surface area (Å²) in [5.41, 5.74) is 0.546. The van der Waals surface area contributed by atoms with E-state index < -0.39 is 0 Å². The SMILES string of the molecule is CCOC(=O)c1ccc(OCCCN2CCN(c3nnc(Br)s3)CC2)cc1. The molecule has 2 heterocycles. The molecule has 0 amide bonds. The van der Waals surface area contributed by atoms with E-state index in [9.17, 15) is 4.79 Å². The largest absolute Gasteiger partial charge is 0.494 e. The first-order valence-electron chi connectivity index (χ1n) is 9.02. The second-order valence-electron chi connectivity index (χ2n) is 6.11. The summed E-state index contributed by atoms with van der Waals surface area (Å²) < 4.78 is 11.6. The molecule has 1 aromatic carbocycles. The fraction of sp³-hybridized carbons (Fsp3) is 0.500. The molecule has 7 nitrogen and oxygen atoms in total. The van der Waals surface area contributed by atoms with Gasteiger partial charge in [0.25, 0.3) is 0 Å². The number of hydrogen-bond donors (Lipinski definition) is 0. The van der Waals surface area contributed by atoms with E-state index in [2.05, 4.69) is 35.9 Å². The third-order valence-corrected chi connectivity index (χ3v) is 5.70. The molecule has 1 fully saturated rings. The van der Waals surface area contributed by atoms with Crippen molar-refractivity contribution in [2.45, 2.75) is 13.3 Å². The first-order valence-corrected chi connectivity index (χ1v) is 10.6. The molecule has 0 atom stereocenters. The van der Waals surface area contributed by atoms with Crippen LogP contribution in [-0.4, -0.2) is 67.0 Å². The Bertz CT molecular complexity index is 732. The number of rotatable bonds is 8. The molecule has 3 rings (SSSR count). The summed E-state index contributed by atoms with van der Waals surface area (Å²) in [6, 6.07) is 7.09. The van der Waals surface area contributed by atoms with Crippen molar-refractivity contribution >= 4 is 38.4 Å². The van der Waals surface area contributed by atoms with E-state index in [0.717, 1.165) is 53.9 Å². The van der Waals surface area contributed by atoms with Crippen LogP contribution in [0.5, 0.6) is 5.75 Å². The highest BCUT2D eigenvalue weighted by molar-refractivity contribution is 9.11. The van der Waals surface area contributed by atoms with Crippen LogP contribution in [-0.2, 0) is 4.74 Å². The number of aromatic nitrogens is 2. The number of anilines is 1. The van der Waals surface area contributed by atoms with Gasteiger partial charge in [-0.2, -0.15) is 0 Å². The molecule has 1 saturated heterocycles. The molecule has 0 N–H and O–H groups in total. The van der Waals surface area contributed by atoms with E-state index in [1.165, 1.54) is 0 Å². The summed E-state index contributed by atoms with van der Waals surface area (Å²) in [6.07, 6.45) is 0.962. The highest BCUT2D eigenvalue weighted by Gasteiger charge is 2.19. The molecule has 0 spiro atoms. The van der Waals surface area contributed by atoms with E-state index in [4.69, 9.17) is 9.47 Å². The number of nitrogens with zero attached hydrogens (tertiary/aromatic N) is 4. The quantitative estimate of drug-likeness (QED) is 0.448. The molecule has 0 unspecified atom stereocenters. The molecule has 0 aliphatic carbocycles. The lowest BCUT2D eigenvalue weighted by Crippen LogP contribution is -2.46. The van der Waals surface area contributed by atoms with Crippen molar-refractivity contribution in [2.75, 3.05) is 50.8 Å². The minimum absolute atomic E-state index is 0.302. The van der Waals surface area contributed by atoms with Gasteiger partial charge in [0.15, 0.2) is 3.92 Å². The van der Waals surface area contributed by atoms with E-state index in [1.54, 1.807) is 30.4 Å². The smallest absolute Gasteiger partial charge is 0.338 e. The highest BCUT2D eigenvalue weighted by atomic mass is 79.9. The molecule has 9 heteroatoms. The number of halogens is 1. The average Bonchev–Trinajstić information content (AvgIpc) is 3.13. The van der Waals surface area contributed by atoms with Gasteiger partial charge in [-0.05, 0) is 53.5 Å². The summed E-state index contributed by atoms with van der Waals surface area (Å²) in [7, 11) is 0. The van der Waals surface area contributed by atoms with Gasteiger partial charge in [0.05, 0.1) is 18.8 Å². The molecule has 0 radical (unpaired) electrons. The van der Waals surface area contributed by atoms with Crippen LogP contribution in [0.25, 0.3) is 0 Å².